The second-order valence-electron chi connectivity index (χ2n) is 7.46. The fraction of sp³-hybridized carbons (Fsp3) is 0.250. The molecule has 0 N–H and O–H groups in total. The largest absolute Gasteiger partial charge is 0.497 e. The van der Waals surface area contributed by atoms with E-state index in [-0.39, 0.29) is 0 Å². The van der Waals surface area contributed by atoms with Crippen LogP contribution in [0.5, 0.6) is 5.75 Å². The topological polar surface area (TPSA) is 49.1 Å². The number of likely N-dealkylation sites (N-methyl/N-ethyl adjacent to an activating group) is 1. The van der Waals surface area contributed by atoms with Gasteiger partial charge in [-0.1, -0.05) is 41.4 Å². The molecule has 0 saturated carbocycles. The average Bonchev–Trinajstić information content (AvgIpc) is 2.79. The van der Waals surface area contributed by atoms with Crippen molar-refractivity contribution >= 4 is 35.0 Å². The molecular weight excluding hydrogens is 449 g/mol. The van der Waals surface area contributed by atoms with Crippen LogP contribution in [0.15, 0.2) is 47.5 Å². The van der Waals surface area contributed by atoms with Gasteiger partial charge in [-0.15, -0.1) is 11.8 Å². The number of pyridine rings is 1. The molecule has 0 unspecified atom stereocenters. The molecule has 1 aliphatic rings. The second-order valence-corrected chi connectivity index (χ2v) is 9.24. The van der Waals surface area contributed by atoms with E-state index in [1.165, 1.54) is 0 Å². The lowest BCUT2D eigenvalue weighted by molar-refractivity contribution is 0.309. The molecule has 2 aromatic carbocycles. The van der Waals surface area contributed by atoms with Gasteiger partial charge in [-0.3, -0.25) is 0 Å². The van der Waals surface area contributed by atoms with Gasteiger partial charge in [0.2, 0.25) is 0 Å². The van der Waals surface area contributed by atoms with E-state index in [4.69, 9.17) is 32.9 Å². The molecule has 0 aliphatic carbocycles. The Hall–Kier alpha value is -2.23. The lowest BCUT2D eigenvalue weighted by Crippen LogP contribution is -2.28. The van der Waals surface area contributed by atoms with Crippen LogP contribution in [0.3, 0.4) is 0 Å². The van der Waals surface area contributed by atoms with Gasteiger partial charge in [0.1, 0.15) is 16.8 Å². The number of hydrogen-bond donors (Lipinski definition) is 0. The van der Waals surface area contributed by atoms with Gasteiger partial charge in [0.05, 0.1) is 22.7 Å². The van der Waals surface area contributed by atoms with E-state index in [0.29, 0.717) is 21.4 Å². The van der Waals surface area contributed by atoms with Crippen molar-refractivity contribution in [2.45, 2.75) is 23.7 Å². The van der Waals surface area contributed by atoms with Gasteiger partial charge in [0.15, 0.2) is 0 Å². The summed E-state index contributed by atoms with van der Waals surface area (Å²) in [5.41, 5.74) is 5.83. The Balaban J connectivity index is 1.78. The van der Waals surface area contributed by atoms with Crippen LogP contribution in [-0.2, 0) is 18.7 Å². The molecule has 0 amide bonds. The third-order valence-electron chi connectivity index (χ3n) is 5.36. The Morgan fingerprint density at radius 1 is 1.16 bits per heavy atom. The minimum atomic E-state index is 0.528. The summed E-state index contributed by atoms with van der Waals surface area (Å²) >= 11 is 13.8. The highest BCUT2D eigenvalue weighted by molar-refractivity contribution is 7.98. The number of benzene rings is 2. The van der Waals surface area contributed by atoms with E-state index in [9.17, 15) is 5.26 Å². The molecule has 0 spiro atoms. The monoisotopic (exact) mass is 469 g/mol. The first-order valence-electron chi connectivity index (χ1n) is 9.85. The molecule has 0 saturated heterocycles. The zero-order valence-corrected chi connectivity index (χ0v) is 19.6. The van der Waals surface area contributed by atoms with Crippen LogP contribution < -0.4 is 4.74 Å². The van der Waals surface area contributed by atoms with E-state index < -0.39 is 0 Å². The number of thioether (sulfide) groups is 1. The zero-order valence-electron chi connectivity index (χ0n) is 17.3. The number of hydrogen-bond acceptors (Lipinski definition) is 5. The standard InChI is InChI=1S/C24H21Cl2N3OS/c1-29-10-9-22-19(13-29)23(16-4-6-17(30-2)7-5-16)18(12-27)24(28-22)31-14-15-3-8-20(25)21(26)11-15/h3-8,11H,9-10,13-14H2,1-2H3. The molecule has 1 aromatic heterocycles. The lowest BCUT2D eigenvalue weighted by Gasteiger charge is -2.28. The number of rotatable bonds is 5. The molecule has 158 valence electrons. The number of aromatic nitrogens is 1. The van der Waals surface area contributed by atoms with Crippen molar-refractivity contribution in [1.82, 2.24) is 9.88 Å². The molecule has 2 heterocycles. The third-order valence-corrected chi connectivity index (χ3v) is 7.14. The Morgan fingerprint density at radius 2 is 1.94 bits per heavy atom. The van der Waals surface area contributed by atoms with E-state index in [1.807, 2.05) is 36.4 Å². The van der Waals surface area contributed by atoms with Gasteiger partial charge in [-0.25, -0.2) is 4.98 Å². The maximum atomic E-state index is 10.1. The van der Waals surface area contributed by atoms with Crippen LogP contribution in [0.25, 0.3) is 11.1 Å². The molecule has 4 nitrogen and oxygen atoms in total. The first-order valence-corrected chi connectivity index (χ1v) is 11.6. The Morgan fingerprint density at radius 3 is 2.61 bits per heavy atom. The van der Waals surface area contributed by atoms with Gasteiger partial charge < -0.3 is 9.64 Å². The minimum absolute atomic E-state index is 0.528. The van der Waals surface area contributed by atoms with Crippen LogP contribution in [-0.4, -0.2) is 30.6 Å². The van der Waals surface area contributed by atoms with Crippen LogP contribution in [0, 0.1) is 11.3 Å². The molecule has 31 heavy (non-hydrogen) atoms. The van der Waals surface area contributed by atoms with Crippen molar-refractivity contribution in [3.8, 4) is 22.9 Å². The molecule has 0 fully saturated rings. The SMILES string of the molecule is COc1ccc(-c2c(C#N)c(SCc3ccc(Cl)c(Cl)c3)nc3c2CN(C)CC3)cc1. The van der Waals surface area contributed by atoms with Crippen molar-refractivity contribution < 1.29 is 4.74 Å². The molecule has 1 aliphatic heterocycles. The van der Waals surface area contributed by atoms with Crippen LogP contribution in [0.1, 0.15) is 22.4 Å². The summed E-state index contributed by atoms with van der Waals surface area (Å²) < 4.78 is 5.31. The Kier molecular flexibility index (Phi) is 6.74. The highest BCUT2D eigenvalue weighted by Gasteiger charge is 2.25. The highest BCUT2D eigenvalue weighted by Crippen LogP contribution is 2.38. The van der Waals surface area contributed by atoms with E-state index in [2.05, 4.69) is 18.0 Å². The van der Waals surface area contributed by atoms with Crippen molar-refractivity contribution in [1.29, 1.82) is 5.26 Å². The molecule has 0 bridgehead atoms. The molecule has 4 rings (SSSR count). The molecule has 0 atom stereocenters. The van der Waals surface area contributed by atoms with Gasteiger partial charge in [-0.2, -0.15) is 5.26 Å². The molecule has 7 heteroatoms. The van der Waals surface area contributed by atoms with E-state index in [0.717, 1.165) is 58.2 Å². The van der Waals surface area contributed by atoms with Gasteiger partial charge in [-0.05, 0) is 48.0 Å². The molecule has 0 radical (unpaired) electrons. The maximum absolute atomic E-state index is 10.1. The quantitative estimate of drug-likeness (QED) is 0.415. The second kappa shape index (κ2) is 9.50. The number of methoxy groups -OCH3 is 1. The summed E-state index contributed by atoms with van der Waals surface area (Å²) in [6.45, 7) is 1.72. The number of nitrogens with zero attached hydrogens (tertiary/aromatic N) is 3. The summed E-state index contributed by atoms with van der Waals surface area (Å²) in [5.74, 6) is 1.44. The van der Waals surface area contributed by atoms with Crippen molar-refractivity contribution in [3.05, 3.63) is 74.9 Å². The van der Waals surface area contributed by atoms with Crippen LogP contribution in [0.2, 0.25) is 10.0 Å². The summed E-state index contributed by atoms with van der Waals surface area (Å²) in [4.78, 5) is 7.19. The summed E-state index contributed by atoms with van der Waals surface area (Å²) in [6.07, 6.45) is 0.862. The summed E-state index contributed by atoms with van der Waals surface area (Å²) in [6, 6.07) is 15.9. The van der Waals surface area contributed by atoms with Gasteiger partial charge in [0.25, 0.3) is 0 Å². The van der Waals surface area contributed by atoms with Gasteiger partial charge in [0, 0.05) is 36.5 Å². The fourth-order valence-electron chi connectivity index (χ4n) is 3.74. The Labute approximate surface area is 196 Å². The Bertz CT molecular complexity index is 1160. The van der Waals surface area contributed by atoms with E-state index in [1.54, 1.807) is 24.9 Å². The smallest absolute Gasteiger partial charge is 0.118 e. The van der Waals surface area contributed by atoms with E-state index >= 15 is 0 Å². The predicted molar refractivity (Wildman–Crippen MR) is 127 cm³/mol. The lowest BCUT2D eigenvalue weighted by atomic mass is 9.92. The molecular formula is C24H21Cl2N3OS. The van der Waals surface area contributed by atoms with Crippen LogP contribution in [0.4, 0.5) is 0 Å². The number of halogens is 2. The normalized spacial score (nSPS) is 13.5. The highest BCUT2D eigenvalue weighted by atomic mass is 35.5. The minimum Gasteiger partial charge on any atom is -0.497 e. The zero-order chi connectivity index (χ0) is 22.0. The first kappa shape index (κ1) is 22.0. The van der Waals surface area contributed by atoms with Crippen molar-refractivity contribution in [2.24, 2.45) is 0 Å². The van der Waals surface area contributed by atoms with Crippen molar-refractivity contribution in [2.75, 3.05) is 20.7 Å². The number of nitriles is 1. The van der Waals surface area contributed by atoms with Gasteiger partial charge >= 0.3 is 0 Å². The number of fused-ring (bicyclic) bond motifs is 1. The fourth-order valence-corrected chi connectivity index (χ4v) is 5.01. The van der Waals surface area contributed by atoms with Crippen LogP contribution >= 0.6 is 35.0 Å². The predicted octanol–water partition coefficient (Wildman–Crippen LogP) is 6.22. The molecule has 3 aromatic rings. The third kappa shape index (κ3) is 4.68. The number of ether oxygens (including phenoxy) is 1. The first-order chi connectivity index (χ1) is 15.0. The maximum Gasteiger partial charge on any atom is 0.118 e. The van der Waals surface area contributed by atoms with Crippen molar-refractivity contribution in [3.63, 3.8) is 0 Å². The average molecular weight is 470 g/mol. The summed E-state index contributed by atoms with van der Waals surface area (Å²) in [7, 11) is 3.75. The summed E-state index contributed by atoms with van der Waals surface area (Å²) in [5, 5.41) is 11.9.